The third kappa shape index (κ3) is 6.71. The zero-order valence-electron chi connectivity index (χ0n) is 18.7. The molecule has 0 aromatic heterocycles. The number of rotatable bonds is 10. The third-order valence-electron chi connectivity index (χ3n) is 5.74. The zero-order valence-corrected chi connectivity index (χ0v) is 19.5. The van der Waals surface area contributed by atoms with Gasteiger partial charge in [-0.15, -0.1) is 0 Å². The molecule has 174 valence electrons. The Morgan fingerprint density at radius 2 is 1.72 bits per heavy atom. The summed E-state index contributed by atoms with van der Waals surface area (Å²) in [6, 6.07) is 12.2. The number of carbonyl (C=O) groups excluding carboxylic acids is 1. The minimum Gasteiger partial charge on any atom is -0.497 e. The molecule has 0 atom stereocenters. The van der Waals surface area contributed by atoms with E-state index in [0.717, 1.165) is 36.8 Å². The van der Waals surface area contributed by atoms with Crippen molar-refractivity contribution in [3.05, 3.63) is 53.6 Å². The normalized spacial score (nSPS) is 14.7. The molecule has 32 heavy (non-hydrogen) atoms. The largest absolute Gasteiger partial charge is 0.497 e. The first-order valence-electron chi connectivity index (χ1n) is 11.0. The highest BCUT2D eigenvalue weighted by Gasteiger charge is 2.21. The van der Waals surface area contributed by atoms with Crippen LogP contribution >= 0.6 is 0 Å². The maximum Gasteiger partial charge on any atom is 0.240 e. The van der Waals surface area contributed by atoms with E-state index < -0.39 is 10.0 Å². The number of carbonyl (C=O) groups is 1. The quantitative estimate of drug-likeness (QED) is 0.568. The molecule has 0 radical (unpaired) electrons. The van der Waals surface area contributed by atoms with Crippen molar-refractivity contribution in [1.29, 1.82) is 0 Å². The van der Waals surface area contributed by atoms with Crippen LogP contribution in [0.4, 0.5) is 0 Å². The predicted octanol–water partition coefficient (Wildman–Crippen LogP) is 3.22. The molecule has 2 aromatic rings. The summed E-state index contributed by atoms with van der Waals surface area (Å²) in [4.78, 5) is 12.6. The van der Waals surface area contributed by atoms with E-state index in [1.807, 2.05) is 0 Å². The van der Waals surface area contributed by atoms with Crippen molar-refractivity contribution < 1.29 is 22.7 Å². The lowest BCUT2D eigenvalue weighted by molar-refractivity contribution is -0.120. The SMILES string of the molecule is COc1ccc(OC)c(CC(=O)NCCc2ccc(S(=O)(=O)NC3CCCCC3)cc2)c1. The van der Waals surface area contributed by atoms with Gasteiger partial charge in [0.1, 0.15) is 11.5 Å². The lowest BCUT2D eigenvalue weighted by Gasteiger charge is -2.22. The number of nitrogens with one attached hydrogen (secondary N) is 2. The molecule has 3 rings (SSSR count). The number of sulfonamides is 1. The van der Waals surface area contributed by atoms with Gasteiger partial charge in [0.25, 0.3) is 0 Å². The summed E-state index contributed by atoms with van der Waals surface area (Å²) in [6.07, 6.45) is 5.92. The average Bonchev–Trinajstić information content (AvgIpc) is 2.79. The third-order valence-corrected chi connectivity index (χ3v) is 7.27. The molecule has 1 saturated carbocycles. The van der Waals surface area contributed by atoms with E-state index in [1.54, 1.807) is 56.7 Å². The van der Waals surface area contributed by atoms with Crippen molar-refractivity contribution in [2.24, 2.45) is 0 Å². The van der Waals surface area contributed by atoms with Crippen LogP contribution in [0.5, 0.6) is 11.5 Å². The average molecular weight is 461 g/mol. The molecule has 1 amide bonds. The van der Waals surface area contributed by atoms with Crippen LogP contribution in [0.2, 0.25) is 0 Å². The van der Waals surface area contributed by atoms with Gasteiger partial charge < -0.3 is 14.8 Å². The monoisotopic (exact) mass is 460 g/mol. The number of benzene rings is 2. The smallest absolute Gasteiger partial charge is 0.240 e. The second kappa shape index (κ2) is 11.3. The van der Waals surface area contributed by atoms with Gasteiger partial charge in [-0.3, -0.25) is 4.79 Å². The summed E-state index contributed by atoms with van der Waals surface area (Å²) in [5, 5.41) is 2.90. The van der Waals surface area contributed by atoms with Gasteiger partial charge in [0.2, 0.25) is 15.9 Å². The van der Waals surface area contributed by atoms with Gasteiger partial charge in [0.15, 0.2) is 0 Å². The van der Waals surface area contributed by atoms with Gasteiger partial charge in [0, 0.05) is 18.2 Å². The number of hydrogen-bond acceptors (Lipinski definition) is 5. The Morgan fingerprint density at radius 3 is 2.38 bits per heavy atom. The molecule has 2 aromatic carbocycles. The molecule has 0 spiro atoms. The highest BCUT2D eigenvalue weighted by molar-refractivity contribution is 7.89. The first kappa shape index (κ1) is 24.1. The van der Waals surface area contributed by atoms with Crippen molar-refractivity contribution >= 4 is 15.9 Å². The van der Waals surface area contributed by atoms with E-state index in [4.69, 9.17) is 9.47 Å². The maximum absolute atomic E-state index is 12.6. The van der Waals surface area contributed by atoms with Crippen molar-refractivity contribution in [3.63, 3.8) is 0 Å². The van der Waals surface area contributed by atoms with Gasteiger partial charge in [-0.25, -0.2) is 13.1 Å². The fourth-order valence-corrected chi connectivity index (χ4v) is 5.25. The fraction of sp³-hybridized carbons (Fsp3) is 0.458. The fourth-order valence-electron chi connectivity index (χ4n) is 3.94. The van der Waals surface area contributed by atoms with Crippen molar-refractivity contribution in [1.82, 2.24) is 10.0 Å². The molecule has 0 unspecified atom stereocenters. The Hall–Kier alpha value is -2.58. The van der Waals surface area contributed by atoms with Gasteiger partial charge in [-0.1, -0.05) is 31.4 Å². The Labute approximate surface area is 190 Å². The molecule has 2 N–H and O–H groups in total. The Bertz CT molecular complexity index is 1000. The standard InChI is InChI=1S/C24H32N2O5S/c1-30-21-10-13-23(31-2)19(16-21)17-24(27)25-15-14-18-8-11-22(12-9-18)32(28,29)26-20-6-4-3-5-7-20/h8-13,16,20,26H,3-7,14-15,17H2,1-2H3,(H,25,27). The van der Waals surface area contributed by atoms with Crippen molar-refractivity contribution in [2.75, 3.05) is 20.8 Å². The second-order valence-electron chi connectivity index (χ2n) is 8.05. The highest BCUT2D eigenvalue weighted by atomic mass is 32.2. The van der Waals surface area contributed by atoms with Crippen LogP contribution in [0, 0.1) is 0 Å². The Morgan fingerprint density at radius 1 is 1.00 bits per heavy atom. The summed E-state index contributed by atoms with van der Waals surface area (Å²) in [7, 11) is -0.355. The second-order valence-corrected chi connectivity index (χ2v) is 9.77. The van der Waals surface area contributed by atoms with Crippen LogP contribution in [-0.2, 0) is 27.7 Å². The molecule has 1 aliphatic carbocycles. The topological polar surface area (TPSA) is 93.7 Å². The van der Waals surface area contributed by atoms with E-state index in [0.29, 0.717) is 24.5 Å². The molecule has 1 fully saturated rings. The van der Waals surface area contributed by atoms with Crippen LogP contribution < -0.4 is 19.5 Å². The van der Waals surface area contributed by atoms with Crippen LogP contribution in [0.25, 0.3) is 0 Å². The lowest BCUT2D eigenvalue weighted by Crippen LogP contribution is -2.36. The van der Waals surface area contributed by atoms with E-state index in [-0.39, 0.29) is 23.3 Å². The first-order valence-corrected chi connectivity index (χ1v) is 12.5. The van der Waals surface area contributed by atoms with Crippen LogP contribution in [0.15, 0.2) is 47.4 Å². The minimum absolute atomic E-state index is 0.0341. The van der Waals surface area contributed by atoms with Crippen molar-refractivity contribution in [3.8, 4) is 11.5 Å². The summed E-state index contributed by atoms with van der Waals surface area (Å²) in [5.41, 5.74) is 1.71. The molecular formula is C24H32N2O5S. The van der Waals surface area contributed by atoms with Gasteiger partial charge in [-0.05, 0) is 55.2 Å². The first-order chi connectivity index (χ1) is 15.4. The van der Waals surface area contributed by atoms with E-state index in [1.165, 1.54) is 6.42 Å². The van der Waals surface area contributed by atoms with E-state index in [2.05, 4.69) is 10.0 Å². The molecule has 0 heterocycles. The highest BCUT2D eigenvalue weighted by Crippen LogP contribution is 2.24. The van der Waals surface area contributed by atoms with Gasteiger partial charge in [0.05, 0.1) is 25.5 Å². The minimum atomic E-state index is -3.50. The number of ether oxygens (including phenoxy) is 2. The Kier molecular flexibility index (Phi) is 8.53. The number of hydrogen-bond donors (Lipinski definition) is 2. The van der Waals surface area contributed by atoms with E-state index in [9.17, 15) is 13.2 Å². The molecule has 0 bridgehead atoms. The predicted molar refractivity (Wildman–Crippen MR) is 124 cm³/mol. The molecular weight excluding hydrogens is 428 g/mol. The van der Waals surface area contributed by atoms with Crippen LogP contribution in [0.3, 0.4) is 0 Å². The lowest BCUT2D eigenvalue weighted by atomic mass is 9.96. The van der Waals surface area contributed by atoms with Crippen molar-refractivity contribution in [2.45, 2.75) is 55.9 Å². The molecule has 0 saturated heterocycles. The molecule has 8 heteroatoms. The molecule has 7 nitrogen and oxygen atoms in total. The Balaban J connectivity index is 1.49. The van der Waals surface area contributed by atoms with Gasteiger partial charge >= 0.3 is 0 Å². The van der Waals surface area contributed by atoms with Crippen LogP contribution in [0.1, 0.15) is 43.2 Å². The van der Waals surface area contributed by atoms with Gasteiger partial charge in [-0.2, -0.15) is 0 Å². The maximum atomic E-state index is 12.6. The zero-order chi connectivity index (χ0) is 23.0. The summed E-state index contributed by atoms with van der Waals surface area (Å²) < 4.78 is 38.6. The summed E-state index contributed by atoms with van der Waals surface area (Å²) in [5.74, 6) is 1.19. The summed E-state index contributed by atoms with van der Waals surface area (Å²) >= 11 is 0. The van der Waals surface area contributed by atoms with Crippen LogP contribution in [-0.4, -0.2) is 41.1 Å². The number of amides is 1. The summed E-state index contributed by atoms with van der Waals surface area (Å²) in [6.45, 7) is 0.456. The molecule has 0 aliphatic heterocycles. The molecule has 1 aliphatic rings. The van der Waals surface area contributed by atoms with E-state index >= 15 is 0 Å². The number of methoxy groups -OCH3 is 2.